The number of hydrogen-bond acceptors (Lipinski definition) is 3. The maximum absolute atomic E-state index is 5.44. The van der Waals surface area contributed by atoms with Gasteiger partial charge in [-0.25, -0.2) is 4.98 Å². The Bertz CT molecular complexity index is 606. The van der Waals surface area contributed by atoms with Crippen LogP contribution in [0.5, 0.6) is 0 Å². The standard InChI is InChI=1S/C16H14N2O/c1-3-7-14(8-4-1)13-18(16-17-11-12-19-16)15-9-5-2-6-10-15/h1-12H,13H2. The molecular formula is C16H14N2O. The van der Waals surface area contributed by atoms with Crippen LogP contribution in [-0.2, 0) is 6.54 Å². The van der Waals surface area contributed by atoms with E-state index in [9.17, 15) is 0 Å². The number of rotatable bonds is 4. The van der Waals surface area contributed by atoms with Crippen LogP contribution in [-0.4, -0.2) is 4.98 Å². The van der Waals surface area contributed by atoms with Gasteiger partial charge in [0.1, 0.15) is 6.26 Å². The van der Waals surface area contributed by atoms with E-state index < -0.39 is 0 Å². The average molecular weight is 250 g/mol. The first-order chi connectivity index (χ1) is 9.43. The highest BCUT2D eigenvalue weighted by molar-refractivity contribution is 5.56. The van der Waals surface area contributed by atoms with Crippen molar-refractivity contribution in [2.75, 3.05) is 4.90 Å². The molecule has 3 heteroatoms. The normalized spacial score (nSPS) is 10.3. The van der Waals surface area contributed by atoms with Gasteiger partial charge < -0.3 is 4.42 Å². The predicted octanol–water partition coefficient (Wildman–Crippen LogP) is 4.01. The summed E-state index contributed by atoms with van der Waals surface area (Å²) in [6.07, 6.45) is 3.26. The minimum Gasteiger partial charge on any atom is -0.432 e. The molecule has 0 saturated carbocycles. The van der Waals surface area contributed by atoms with Crippen LogP contribution < -0.4 is 4.90 Å². The Balaban J connectivity index is 1.94. The Morgan fingerprint density at radius 1 is 0.895 bits per heavy atom. The van der Waals surface area contributed by atoms with E-state index in [2.05, 4.69) is 22.0 Å². The molecule has 0 fully saturated rings. The first-order valence-corrected chi connectivity index (χ1v) is 6.19. The molecule has 0 aliphatic rings. The molecule has 94 valence electrons. The van der Waals surface area contributed by atoms with Crippen LogP contribution in [0.2, 0.25) is 0 Å². The summed E-state index contributed by atoms with van der Waals surface area (Å²) in [5.41, 5.74) is 2.28. The van der Waals surface area contributed by atoms with Crippen LogP contribution in [0.25, 0.3) is 0 Å². The van der Waals surface area contributed by atoms with Crippen molar-refractivity contribution < 1.29 is 4.42 Å². The molecule has 3 nitrogen and oxygen atoms in total. The largest absolute Gasteiger partial charge is 0.432 e. The molecule has 0 bridgehead atoms. The summed E-state index contributed by atoms with van der Waals surface area (Å²) >= 11 is 0. The summed E-state index contributed by atoms with van der Waals surface area (Å²) in [7, 11) is 0. The summed E-state index contributed by atoms with van der Waals surface area (Å²) in [6.45, 7) is 0.728. The third-order valence-electron chi connectivity index (χ3n) is 2.90. The third kappa shape index (κ3) is 2.65. The lowest BCUT2D eigenvalue weighted by Gasteiger charge is -2.20. The molecule has 0 spiro atoms. The Morgan fingerprint density at radius 2 is 1.58 bits per heavy atom. The number of oxazole rings is 1. The number of para-hydroxylation sites is 1. The van der Waals surface area contributed by atoms with Gasteiger partial charge in [0.25, 0.3) is 0 Å². The van der Waals surface area contributed by atoms with Crippen LogP contribution in [0.15, 0.2) is 77.5 Å². The number of nitrogens with zero attached hydrogens (tertiary/aromatic N) is 2. The lowest BCUT2D eigenvalue weighted by Crippen LogP contribution is -2.16. The van der Waals surface area contributed by atoms with Gasteiger partial charge >= 0.3 is 6.01 Å². The molecule has 19 heavy (non-hydrogen) atoms. The smallest absolute Gasteiger partial charge is 0.302 e. The Kier molecular flexibility index (Phi) is 3.28. The summed E-state index contributed by atoms with van der Waals surface area (Å²) in [6, 6.07) is 21.0. The number of hydrogen-bond donors (Lipinski definition) is 0. The summed E-state index contributed by atoms with van der Waals surface area (Å²) in [4.78, 5) is 6.30. The topological polar surface area (TPSA) is 29.3 Å². The van der Waals surface area contributed by atoms with E-state index in [1.54, 1.807) is 12.5 Å². The number of anilines is 2. The highest BCUT2D eigenvalue weighted by atomic mass is 16.4. The molecule has 0 unspecified atom stereocenters. The van der Waals surface area contributed by atoms with Crippen LogP contribution in [0.3, 0.4) is 0 Å². The van der Waals surface area contributed by atoms with Gasteiger partial charge in [0.15, 0.2) is 0 Å². The first-order valence-electron chi connectivity index (χ1n) is 6.19. The number of benzene rings is 2. The van der Waals surface area contributed by atoms with Gasteiger partial charge in [-0.05, 0) is 17.7 Å². The van der Waals surface area contributed by atoms with Crippen molar-refractivity contribution in [3.63, 3.8) is 0 Å². The molecule has 0 amide bonds. The van der Waals surface area contributed by atoms with Gasteiger partial charge in [-0.3, -0.25) is 4.90 Å². The van der Waals surface area contributed by atoms with Crippen molar-refractivity contribution in [1.82, 2.24) is 4.98 Å². The second-order valence-electron chi connectivity index (χ2n) is 4.22. The van der Waals surface area contributed by atoms with Gasteiger partial charge in [0.2, 0.25) is 0 Å². The monoisotopic (exact) mass is 250 g/mol. The van der Waals surface area contributed by atoms with Gasteiger partial charge in [-0.1, -0.05) is 48.5 Å². The minimum atomic E-state index is 0.607. The van der Waals surface area contributed by atoms with Gasteiger partial charge in [0.05, 0.1) is 12.7 Å². The highest BCUT2D eigenvalue weighted by Crippen LogP contribution is 2.25. The molecule has 2 aromatic carbocycles. The highest BCUT2D eigenvalue weighted by Gasteiger charge is 2.13. The fraction of sp³-hybridized carbons (Fsp3) is 0.0625. The second kappa shape index (κ2) is 5.40. The van der Waals surface area contributed by atoms with Gasteiger partial charge in [-0.2, -0.15) is 0 Å². The average Bonchev–Trinajstić information content (AvgIpc) is 3.01. The van der Waals surface area contributed by atoms with Crippen molar-refractivity contribution in [3.8, 4) is 0 Å². The van der Waals surface area contributed by atoms with Crippen molar-refractivity contribution in [1.29, 1.82) is 0 Å². The van der Waals surface area contributed by atoms with Crippen molar-refractivity contribution >= 4 is 11.7 Å². The Morgan fingerprint density at radius 3 is 2.21 bits per heavy atom. The zero-order valence-corrected chi connectivity index (χ0v) is 10.4. The van der Waals surface area contributed by atoms with Gasteiger partial charge in [-0.15, -0.1) is 0 Å². The van der Waals surface area contributed by atoms with Crippen molar-refractivity contribution in [3.05, 3.63) is 78.7 Å². The molecular weight excluding hydrogens is 236 g/mol. The van der Waals surface area contributed by atoms with Crippen molar-refractivity contribution in [2.45, 2.75) is 6.54 Å². The molecule has 3 aromatic rings. The third-order valence-corrected chi connectivity index (χ3v) is 2.90. The maximum atomic E-state index is 5.44. The van der Waals surface area contributed by atoms with Crippen LogP contribution in [0.4, 0.5) is 11.7 Å². The molecule has 3 rings (SSSR count). The van der Waals surface area contributed by atoms with E-state index in [1.807, 2.05) is 48.5 Å². The van der Waals surface area contributed by atoms with E-state index >= 15 is 0 Å². The Hall–Kier alpha value is -2.55. The summed E-state index contributed by atoms with van der Waals surface area (Å²) < 4.78 is 5.44. The molecule has 0 N–H and O–H groups in total. The van der Waals surface area contributed by atoms with Crippen LogP contribution in [0.1, 0.15) is 5.56 Å². The molecule has 0 aliphatic heterocycles. The number of aromatic nitrogens is 1. The predicted molar refractivity (Wildman–Crippen MR) is 75.2 cm³/mol. The molecule has 0 saturated heterocycles. The van der Waals surface area contributed by atoms with Crippen LogP contribution in [0, 0.1) is 0 Å². The van der Waals surface area contributed by atoms with E-state index in [1.165, 1.54) is 5.56 Å². The van der Waals surface area contributed by atoms with Crippen molar-refractivity contribution in [2.24, 2.45) is 0 Å². The minimum absolute atomic E-state index is 0.607. The zero-order chi connectivity index (χ0) is 12.9. The first kappa shape index (κ1) is 11.5. The SMILES string of the molecule is c1ccc(CN(c2ccccc2)c2ncco2)cc1. The second-order valence-corrected chi connectivity index (χ2v) is 4.22. The summed E-state index contributed by atoms with van der Waals surface area (Å²) in [5, 5.41) is 0. The van der Waals surface area contributed by atoms with E-state index in [0.29, 0.717) is 6.01 Å². The molecule has 0 aliphatic carbocycles. The van der Waals surface area contributed by atoms with E-state index in [0.717, 1.165) is 12.2 Å². The quantitative estimate of drug-likeness (QED) is 0.700. The van der Waals surface area contributed by atoms with E-state index in [-0.39, 0.29) is 0 Å². The summed E-state index contributed by atoms with van der Waals surface area (Å²) in [5.74, 6) is 0. The van der Waals surface area contributed by atoms with Crippen LogP contribution >= 0.6 is 0 Å². The molecule has 0 radical (unpaired) electrons. The zero-order valence-electron chi connectivity index (χ0n) is 10.4. The fourth-order valence-corrected chi connectivity index (χ4v) is 1.99. The maximum Gasteiger partial charge on any atom is 0.302 e. The molecule has 1 aromatic heterocycles. The lowest BCUT2D eigenvalue weighted by atomic mass is 10.2. The van der Waals surface area contributed by atoms with E-state index in [4.69, 9.17) is 4.42 Å². The molecule has 1 heterocycles. The Labute approximate surface area is 112 Å². The lowest BCUT2D eigenvalue weighted by molar-refractivity contribution is 0.552. The fourth-order valence-electron chi connectivity index (χ4n) is 1.99. The van der Waals surface area contributed by atoms with Gasteiger partial charge in [0, 0.05) is 5.69 Å². The molecule has 0 atom stereocenters.